The van der Waals surface area contributed by atoms with E-state index in [1.54, 1.807) is 18.2 Å². The van der Waals surface area contributed by atoms with Gasteiger partial charge in [-0.25, -0.2) is 4.39 Å². The van der Waals surface area contributed by atoms with Gasteiger partial charge in [0.25, 0.3) is 0 Å². The lowest BCUT2D eigenvalue weighted by molar-refractivity contribution is 0.0547. The maximum absolute atomic E-state index is 13.8. The zero-order valence-corrected chi connectivity index (χ0v) is 17.4. The summed E-state index contributed by atoms with van der Waals surface area (Å²) in [5.74, 6) is 0.373. The first-order valence-electron chi connectivity index (χ1n) is 10.2. The predicted molar refractivity (Wildman–Crippen MR) is 113 cm³/mol. The fraction of sp³-hybridized carbons (Fsp3) is 0.550. The van der Waals surface area contributed by atoms with Gasteiger partial charge in [-0.05, 0) is 12.5 Å². The number of hydrogen-bond acceptors (Lipinski definition) is 9. The van der Waals surface area contributed by atoms with Crippen molar-refractivity contribution in [2.45, 2.75) is 26.3 Å². The van der Waals surface area contributed by atoms with E-state index in [0.29, 0.717) is 63.6 Å². The van der Waals surface area contributed by atoms with Crippen molar-refractivity contribution in [1.29, 1.82) is 0 Å². The highest BCUT2D eigenvalue weighted by Gasteiger charge is 2.09. The number of anilines is 2. The number of hydrogen-bond donors (Lipinski definition) is 3. The third-order valence-electron chi connectivity index (χ3n) is 3.90. The maximum atomic E-state index is 13.8. The average Bonchev–Trinajstić information content (AvgIpc) is 2.75. The Morgan fingerprint density at radius 2 is 1.67 bits per heavy atom. The molecule has 2 rings (SSSR count). The van der Waals surface area contributed by atoms with Gasteiger partial charge in [0.05, 0.1) is 33.0 Å². The van der Waals surface area contributed by atoms with Gasteiger partial charge >= 0.3 is 6.01 Å². The molecule has 0 aliphatic carbocycles. The third-order valence-corrected chi connectivity index (χ3v) is 3.90. The van der Waals surface area contributed by atoms with Gasteiger partial charge in [0.15, 0.2) is 0 Å². The number of halogens is 1. The molecule has 0 spiro atoms. The summed E-state index contributed by atoms with van der Waals surface area (Å²) in [7, 11) is 0. The smallest absolute Gasteiger partial charge is 0.323 e. The second kappa shape index (κ2) is 14.4. The van der Waals surface area contributed by atoms with E-state index in [1.165, 1.54) is 6.07 Å². The van der Waals surface area contributed by atoms with Crippen LogP contribution in [0.5, 0.6) is 6.01 Å². The molecule has 9 nitrogen and oxygen atoms in total. The zero-order chi connectivity index (χ0) is 21.4. The van der Waals surface area contributed by atoms with Crippen LogP contribution < -0.4 is 21.1 Å². The van der Waals surface area contributed by atoms with Gasteiger partial charge in [-0.3, -0.25) is 0 Å². The zero-order valence-electron chi connectivity index (χ0n) is 17.4. The lowest BCUT2D eigenvalue weighted by atomic mass is 10.2. The van der Waals surface area contributed by atoms with Gasteiger partial charge < -0.3 is 30.6 Å². The van der Waals surface area contributed by atoms with Crippen LogP contribution in [0.25, 0.3) is 0 Å². The molecule has 1 aromatic heterocycles. The van der Waals surface area contributed by atoms with Gasteiger partial charge in [0.2, 0.25) is 11.9 Å². The van der Waals surface area contributed by atoms with Gasteiger partial charge in [-0.15, -0.1) is 0 Å². The van der Waals surface area contributed by atoms with Gasteiger partial charge in [-0.2, -0.15) is 15.0 Å². The lowest BCUT2D eigenvalue weighted by Gasteiger charge is -2.11. The molecule has 166 valence electrons. The highest BCUT2D eigenvalue weighted by atomic mass is 19.1. The summed E-state index contributed by atoms with van der Waals surface area (Å²) in [6.07, 6.45) is 1.90. The topological polar surface area (TPSA) is 116 Å². The second-order valence-corrected chi connectivity index (χ2v) is 6.35. The summed E-state index contributed by atoms with van der Waals surface area (Å²) in [5, 5.41) is 6.11. The van der Waals surface area contributed by atoms with E-state index in [0.717, 1.165) is 12.8 Å². The van der Waals surface area contributed by atoms with Crippen LogP contribution in [0.15, 0.2) is 24.3 Å². The van der Waals surface area contributed by atoms with E-state index < -0.39 is 0 Å². The molecule has 10 heteroatoms. The van der Waals surface area contributed by atoms with Crippen molar-refractivity contribution < 1.29 is 18.6 Å². The largest absolute Gasteiger partial charge is 0.463 e. The molecule has 0 amide bonds. The molecule has 2 aromatic rings. The Morgan fingerprint density at radius 1 is 0.933 bits per heavy atom. The number of ether oxygens (including phenoxy) is 3. The predicted octanol–water partition coefficient (Wildman–Crippen LogP) is 2.21. The normalized spacial score (nSPS) is 10.8. The van der Waals surface area contributed by atoms with Crippen LogP contribution in [0, 0.1) is 5.82 Å². The summed E-state index contributed by atoms with van der Waals surface area (Å²) >= 11 is 0. The molecule has 0 aliphatic heterocycles. The van der Waals surface area contributed by atoms with Crippen molar-refractivity contribution in [3.8, 4) is 6.01 Å². The molecular formula is C20H31FN6O3. The Kier molecular flexibility index (Phi) is 11.4. The minimum absolute atomic E-state index is 0.216. The van der Waals surface area contributed by atoms with Crippen LogP contribution >= 0.6 is 0 Å². The molecule has 0 aliphatic rings. The van der Waals surface area contributed by atoms with Crippen LogP contribution in [0.1, 0.15) is 25.3 Å². The van der Waals surface area contributed by atoms with Crippen LogP contribution in [-0.4, -0.2) is 61.1 Å². The maximum Gasteiger partial charge on any atom is 0.323 e. The molecule has 0 atom stereocenters. The number of nitrogens with two attached hydrogens (primary N) is 1. The molecule has 0 saturated heterocycles. The minimum Gasteiger partial charge on any atom is -0.463 e. The van der Waals surface area contributed by atoms with E-state index in [1.807, 2.05) is 0 Å². The number of nitrogens with one attached hydrogen (secondary N) is 2. The quantitative estimate of drug-likeness (QED) is 0.350. The Morgan fingerprint density at radius 3 is 2.40 bits per heavy atom. The fourth-order valence-corrected chi connectivity index (χ4v) is 2.34. The molecule has 0 fully saturated rings. The summed E-state index contributed by atoms with van der Waals surface area (Å²) in [6.45, 7) is 5.81. The van der Waals surface area contributed by atoms with Crippen molar-refractivity contribution in [1.82, 2.24) is 15.0 Å². The van der Waals surface area contributed by atoms with Crippen LogP contribution in [-0.2, 0) is 16.0 Å². The molecule has 1 aromatic carbocycles. The van der Waals surface area contributed by atoms with Crippen molar-refractivity contribution in [3.63, 3.8) is 0 Å². The molecule has 1 heterocycles. The molecule has 0 radical (unpaired) electrons. The van der Waals surface area contributed by atoms with E-state index in [-0.39, 0.29) is 18.4 Å². The number of benzene rings is 1. The van der Waals surface area contributed by atoms with Gasteiger partial charge in [-0.1, -0.05) is 31.5 Å². The summed E-state index contributed by atoms with van der Waals surface area (Å²) < 4.78 is 30.2. The molecule has 0 saturated carbocycles. The average molecular weight is 423 g/mol. The van der Waals surface area contributed by atoms with E-state index in [2.05, 4.69) is 32.5 Å². The highest BCUT2D eigenvalue weighted by molar-refractivity contribution is 5.36. The molecule has 0 bridgehead atoms. The van der Waals surface area contributed by atoms with Gasteiger partial charge in [0.1, 0.15) is 5.82 Å². The number of aromatic nitrogens is 3. The number of unbranched alkanes of at least 4 members (excludes halogenated alkanes) is 1. The standard InChI is InChI=1S/C20H31FN6O3/c1-2-3-10-30-20-26-18(23-9-12-29-14-13-28-11-8-22)25-19(27-20)24-15-16-6-4-5-7-17(16)21/h4-7H,2-3,8-15,22H2,1H3,(H2,23,24,25,26,27). The van der Waals surface area contributed by atoms with Crippen molar-refractivity contribution in [2.75, 3.05) is 56.8 Å². The second-order valence-electron chi connectivity index (χ2n) is 6.35. The monoisotopic (exact) mass is 422 g/mol. The van der Waals surface area contributed by atoms with Crippen LogP contribution in [0.2, 0.25) is 0 Å². The number of rotatable bonds is 16. The summed E-state index contributed by atoms with van der Waals surface area (Å²) in [6, 6.07) is 6.76. The first kappa shape index (κ1) is 23.7. The first-order chi connectivity index (χ1) is 14.7. The SMILES string of the molecule is CCCCOc1nc(NCCOCCOCCN)nc(NCc2ccccc2F)n1. The van der Waals surface area contributed by atoms with Crippen molar-refractivity contribution in [3.05, 3.63) is 35.6 Å². The Bertz CT molecular complexity index is 737. The van der Waals surface area contributed by atoms with Crippen molar-refractivity contribution in [2.24, 2.45) is 5.73 Å². The highest BCUT2D eigenvalue weighted by Crippen LogP contribution is 2.14. The summed E-state index contributed by atoms with van der Waals surface area (Å²) in [4.78, 5) is 12.9. The van der Waals surface area contributed by atoms with E-state index in [4.69, 9.17) is 19.9 Å². The number of nitrogens with zero attached hydrogens (tertiary/aromatic N) is 3. The van der Waals surface area contributed by atoms with E-state index in [9.17, 15) is 4.39 Å². The Labute approximate surface area is 176 Å². The first-order valence-corrected chi connectivity index (χ1v) is 10.2. The molecule has 4 N–H and O–H groups in total. The molecular weight excluding hydrogens is 391 g/mol. The van der Waals surface area contributed by atoms with E-state index >= 15 is 0 Å². The Hall–Kier alpha value is -2.56. The van der Waals surface area contributed by atoms with Crippen LogP contribution in [0.3, 0.4) is 0 Å². The lowest BCUT2D eigenvalue weighted by Crippen LogP contribution is -2.17. The van der Waals surface area contributed by atoms with Crippen LogP contribution in [0.4, 0.5) is 16.3 Å². The molecule has 30 heavy (non-hydrogen) atoms. The molecule has 0 unspecified atom stereocenters. The minimum atomic E-state index is -0.288. The fourth-order valence-electron chi connectivity index (χ4n) is 2.34. The van der Waals surface area contributed by atoms with Crippen molar-refractivity contribution >= 4 is 11.9 Å². The van der Waals surface area contributed by atoms with Gasteiger partial charge in [0, 0.05) is 25.2 Å². The summed E-state index contributed by atoms with van der Waals surface area (Å²) in [5.41, 5.74) is 5.87. The Balaban J connectivity index is 1.88. The third kappa shape index (κ3) is 9.29.